The molecule has 0 saturated carbocycles. The normalized spacial score (nSPS) is 15.7. The fraction of sp³-hybridized carbons (Fsp3) is 0.533. The highest BCUT2D eigenvalue weighted by Crippen LogP contribution is 2.25. The van der Waals surface area contributed by atoms with E-state index in [1.54, 1.807) is 23.1 Å². The van der Waals surface area contributed by atoms with E-state index in [0.717, 1.165) is 0 Å². The van der Waals surface area contributed by atoms with Crippen LogP contribution >= 0.6 is 11.6 Å². The van der Waals surface area contributed by atoms with E-state index in [2.05, 4.69) is 5.32 Å². The first-order chi connectivity index (χ1) is 9.76. The molecule has 1 aliphatic rings. The summed E-state index contributed by atoms with van der Waals surface area (Å²) in [4.78, 5) is 13.4. The number of hydrogen-bond donors (Lipinski definition) is 2. The van der Waals surface area contributed by atoms with Crippen molar-refractivity contribution in [3.05, 3.63) is 28.8 Å². The first-order valence-corrected chi connectivity index (χ1v) is 7.32. The molecule has 21 heavy (non-hydrogen) atoms. The fourth-order valence-electron chi connectivity index (χ4n) is 2.05. The second-order valence-corrected chi connectivity index (χ2v) is 6.61. The molecular weight excluding hydrogens is 292 g/mol. The number of amides is 1. The third-order valence-electron chi connectivity index (χ3n) is 3.19. The molecule has 0 aromatic heterocycles. The molecule has 1 heterocycles. The van der Waals surface area contributed by atoms with E-state index in [0.29, 0.717) is 30.2 Å². The van der Waals surface area contributed by atoms with Crippen molar-refractivity contribution >= 4 is 17.7 Å². The average molecular weight is 313 g/mol. The molecule has 0 spiro atoms. The van der Waals surface area contributed by atoms with Gasteiger partial charge in [-0.3, -0.25) is 0 Å². The predicted octanol–water partition coefficient (Wildman–Crippen LogP) is 2.75. The van der Waals surface area contributed by atoms with Crippen molar-refractivity contribution in [2.45, 2.75) is 39.0 Å². The molecule has 0 atom stereocenters. The van der Waals surface area contributed by atoms with Crippen LogP contribution in [0, 0.1) is 0 Å². The Morgan fingerprint density at radius 1 is 1.48 bits per heavy atom. The van der Waals surface area contributed by atoms with Gasteiger partial charge in [-0.05, 0) is 32.9 Å². The van der Waals surface area contributed by atoms with Gasteiger partial charge in [0.15, 0.2) is 0 Å². The number of aromatic hydroxyl groups is 1. The van der Waals surface area contributed by atoms with Crippen molar-refractivity contribution < 1.29 is 14.6 Å². The number of hydrogen-bond acceptors (Lipinski definition) is 4. The molecule has 6 heteroatoms. The lowest BCUT2D eigenvalue weighted by Crippen LogP contribution is -2.60. The van der Waals surface area contributed by atoms with Gasteiger partial charge in [0.2, 0.25) is 0 Å². The van der Waals surface area contributed by atoms with Gasteiger partial charge in [0.25, 0.3) is 0 Å². The highest BCUT2D eigenvalue weighted by atomic mass is 35.5. The maximum absolute atomic E-state index is 11.8. The van der Waals surface area contributed by atoms with Gasteiger partial charge in [0, 0.05) is 36.3 Å². The van der Waals surface area contributed by atoms with Crippen molar-refractivity contribution in [2.75, 3.05) is 13.1 Å². The number of phenols is 1. The number of benzene rings is 1. The second kappa shape index (κ2) is 6.12. The standard InChI is InChI=1S/C15H21ClN2O3/c1-15(2,3)21-14(20)18-8-10(9-18)17-7-11-12(16)5-4-6-13(11)19/h4-6,10,17,19H,7-9H2,1-3H3. The number of rotatable bonds is 3. The maximum atomic E-state index is 11.8. The number of ether oxygens (including phenoxy) is 1. The van der Waals surface area contributed by atoms with Crippen molar-refractivity contribution in [1.29, 1.82) is 0 Å². The van der Waals surface area contributed by atoms with Crippen molar-refractivity contribution in [1.82, 2.24) is 10.2 Å². The van der Waals surface area contributed by atoms with Crippen LogP contribution in [0.5, 0.6) is 5.75 Å². The van der Waals surface area contributed by atoms with Crippen LogP contribution < -0.4 is 5.32 Å². The van der Waals surface area contributed by atoms with Crippen LogP contribution in [0.25, 0.3) is 0 Å². The van der Waals surface area contributed by atoms with Gasteiger partial charge in [0.05, 0.1) is 0 Å². The van der Waals surface area contributed by atoms with Crippen LogP contribution in [0.2, 0.25) is 5.02 Å². The van der Waals surface area contributed by atoms with Gasteiger partial charge < -0.3 is 20.1 Å². The zero-order valence-corrected chi connectivity index (χ0v) is 13.3. The lowest BCUT2D eigenvalue weighted by Gasteiger charge is -2.40. The minimum atomic E-state index is -0.473. The minimum absolute atomic E-state index is 0.179. The predicted molar refractivity (Wildman–Crippen MR) is 81.6 cm³/mol. The summed E-state index contributed by atoms with van der Waals surface area (Å²) in [5, 5.41) is 13.6. The highest BCUT2D eigenvalue weighted by Gasteiger charge is 2.33. The van der Waals surface area contributed by atoms with Crippen molar-refractivity contribution in [2.24, 2.45) is 0 Å². The van der Waals surface area contributed by atoms with E-state index in [1.807, 2.05) is 20.8 Å². The lowest BCUT2D eigenvalue weighted by atomic mass is 10.1. The Morgan fingerprint density at radius 2 is 2.14 bits per heavy atom. The van der Waals surface area contributed by atoms with Gasteiger partial charge in [-0.25, -0.2) is 4.79 Å². The van der Waals surface area contributed by atoms with Crippen molar-refractivity contribution in [3.63, 3.8) is 0 Å². The Labute approximate surface area is 129 Å². The number of carbonyl (C=O) groups is 1. The van der Waals surface area contributed by atoms with Gasteiger partial charge >= 0.3 is 6.09 Å². The SMILES string of the molecule is CC(C)(C)OC(=O)N1CC(NCc2c(O)cccc2Cl)C1. The third kappa shape index (κ3) is 4.25. The number of nitrogens with zero attached hydrogens (tertiary/aromatic N) is 1. The van der Waals surface area contributed by atoms with Crippen molar-refractivity contribution in [3.8, 4) is 5.75 Å². The van der Waals surface area contributed by atoms with E-state index in [9.17, 15) is 9.90 Å². The minimum Gasteiger partial charge on any atom is -0.508 e. The molecular formula is C15H21ClN2O3. The highest BCUT2D eigenvalue weighted by molar-refractivity contribution is 6.31. The molecule has 1 saturated heterocycles. The Bertz CT molecular complexity index is 502. The summed E-state index contributed by atoms with van der Waals surface area (Å²) in [6, 6.07) is 5.24. The topological polar surface area (TPSA) is 61.8 Å². The first-order valence-electron chi connectivity index (χ1n) is 6.94. The first kappa shape index (κ1) is 15.9. The molecule has 1 aromatic carbocycles. The number of carbonyl (C=O) groups excluding carboxylic acids is 1. The number of phenolic OH excluding ortho intramolecular Hbond substituents is 1. The molecule has 0 radical (unpaired) electrons. The number of likely N-dealkylation sites (tertiary alicyclic amines) is 1. The summed E-state index contributed by atoms with van der Waals surface area (Å²) in [7, 11) is 0. The van der Waals surface area contributed by atoms with E-state index < -0.39 is 5.60 Å². The molecule has 1 aliphatic heterocycles. The van der Waals surface area contributed by atoms with Gasteiger partial charge in [-0.1, -0.05) is 17.7 Å². The molecule has 1 amide bonds. The molecule has 0 aliphatic carbocycles. The number of nitrogens with one attached hydrogen (secondary N) is 1. The van der Waals surface area contributed by atoms with E-state index in [1.165, 1.54) is 0 Å². The molecule has 116 valence electrons. The van der Waals surface area contributed by atoms with Crippen LogP contribution in [0.1, 0.15) is 26.3 Å². The molecule has 0 unspecified atom stereocenters. The summed E-state index contributed by atoms with van der Waals surface area (Å²) in [5.41, 5.74) is 0.203. The van der Waals surface area contributed by atoms with E-state index >= 15 is 0 Å². The van der Waals surface area contributed by atoms with E-state index in [-0.39, 0.29) is 17.9 Å². The van der Waals surface area contributed by atoms with Crippen LogP contribution in [0.15, 0.2) is 18.2 Å². The maximum Gasteiger partial charge on any atom is 0.410 e. The Balaban J connectivity index is 1.77. The quantitative estimate of drug-likeness (QED) is 0.901. The molecule has 5 nitrogen and oxygen atoms in total. The fourth-order valence-corrected chi connectivity index (χ4v) is 2.29. The largest absolute Gasteiger partial charge is 0.508 e. The second-order valence-electron chi connectivity index (χ2n) is 6.20. The Hall–Kier alpha value is -1.46. The third-order valence-corrected chi connectivity index (χ3v) is 3.55. The van der Waals surface area contributed by atoms with Gasteiger partial charge in [-0.15, -0.1) is 0 Å². The van der Waals surface area contributed by atoms with Crippen LogP contribution in [0.3, 0.4) is 0 Å². The molecule has 1 fully saturated rings. The molecule has 2 N–H and O–H groups in total. The van der Waals surface area contributed by atoms with Crippen LogP contribution in [-0.4, -0.2) is 40.8 Å². The Morgan fingerprint density at radius 3 is 2.71 bits per heavy atom. The summed E-state index contributed by atoms with van der Waals surface area (Å²) in [6.07, 6.45) is -0.291. The van der Waals surface area contributed by atoms with Gasteiger partial charge in [0.1, 0.15) is 11.4 Å². The molecule has 2 rings (SSSR count). The monoisotopic (exact) mass is 312 g/mol. The molecule has 0 bridgehead atoms. The zero-order chi connectivity index (χ0) is 15.6. The summed E-state index contributed by atoms with van der Waals surface area (Å²) in [5.74, 6) is 0.179. The Kier molecular flexibility index (Phi) is 4.64. The summed E-state index contributed by atoms with van der Waals surface area (Å²) >= 11 is 6.04. The smallest absolute Gasteiger partial charge is 0.410 e. The van der Waals surface area contributed by atoms with Gasteiger partial charge in [-0.2, -0.15) is 0 Å². The van der Waals surface area contributed by atoms with Crippen LogP contribution in [-0.2, 0) is 11.3 Å². The summed E-state index contributed by atoms with van der Waals surface area (Å²) in [6.45, 7) is 7.21. The average Bonchev–Trinajstić information content (AvgIpc) is 2.27. The lowest BCUT2D eigenvalue weighted by molar-refractivity contribution is 0.00516. The summed E-state index contributed by atoms with van der Waals surface area (Å²) < 4.78 is 5.29. The van der Waals surface area contributed by atoms with E-state index in [4.69, 9.17) is 16.3 Å². The zero-order valence-electron chi connectivity index (χ0n) is 12.5. The van der Waals surface area contributed by atoms with Crippen LogP contribution in [0.4, 0.5) is 4.79 Å². The molecule has 1 aromatic rings. The number of halogens is 1.